The van der Waals surface area contributed by atoms with Crippen LogP contribution in [-0.4, -0.2) is 15.7 Å². The summed E-state index contributed by atoms with van der Waals surface area (Å²) in [4.78, 5) is 3.59. The minimum atomic E-state index is -1.08. The second kappa shape index (κ2) is 3.77. The van der Waals surface area contributed by atoms with Crippen LogP contribution >= 0.6 is 0 Å². The Hall–Kier alpha value is -1.40. The maximum Gasteiger partial charge on any atom is 0.214 e. The number of rotatable bonds is 0. The first-order valence-corrected chi connectivity index (χ1v) is 4.26. The third kappa shape index (κ3) is 3.55. The summed E-state index contributed by atoms with van der Waals surface area (Å²) >= 11 is 0. The van der Waals surface area contributed by atoms with Crippen molar-refractivity contribution in [2.75, 3.05) is 0 Å². The molecule has 3 heteroatoms. The molecule has 0 aliphatic rings. The van der Waals surface area contributed by atoms with Crippen LogP contribution in [0.15, 0.2) is 12.1 Å². The lowest BCUT2D eigenvalue weighted by Gasteiger charge is -2.05. The maximum atomic E-state index is 12.8. The smallest absolute Gasteiger partial charge is 0.214 e. The maximum absolute atomic E-state index is 12.8. The van der Waals surface area contributed by atoms with Gasteiger partial charge in [-0.3, -0.25) is 0 Å². The van der Waals surface area contributed by atoms with E-state index in [1.54, 1.807) is 26.8 Å². The van der Waals surface area contributed by atoms with E-state index in [0.29, 0.717) is 5.69 Å². The molecule has 1 aromatic rings. The standard InChI is InChI=1S/C11H12FNO/c1-8-6-9(13-10(12)7-8)4-5-11(2,3)14/h6-7,14H,1-3H3. The van der Waals surface area contributed by atoms with Crippen LogP contribution in [0.5, 0.6) is 0 Å². The Morgan fingerprint density at radius 2 is 2.07 bits per heavy atom. The topological polar surface area (TPSA) is 33.1 Å². The lowest BCUT2D eigenvalue weighted by Crippen LogP contribution is -2.14. The van der Waals surface area contributed by atoms with Crippen LogP contribution in [0.25, 0.3) is 0 Å². The first-order valence-electron chi connectivity index (χ1n) is 4.26. The van der Waals surface area contributed by atoms with Gasteiger partial charge in [0.15, 0.2) is 0 Å². The van der Waals surface area contributed by atoms with Gasteiger partial charge in [0, 0.05) is 0 Å². The fraction of sp³-hybridized carbons (Fsp3) is 0.364. The number of pyridine rings is 1. The molecule has 1 heterocycles. The zero-order valence-electron chi connectivity index (χ0n) is 8.43. The van der Waals surface area contributed by atoms with E-state index in [0.717, 1.165) is 5.56 Å². The first-order chi connectivity index (χ1) is 6.37. The molecule has 0 aliphatic carbocycles. The van der Waals surface area contributed by atoms with Crippen molar-refractivity contribution in [3.8, 4) is 11.8 Å². The number of hydrogen-bond acceptors (Lipinski definition) is 2. The minimum Gasteiger partial charge on any atom is -0.378 e. The number of aryl methyl sites for hydroxylation is 1. The van der Waals surface area contributed by atoms with Crippen LogP contribution in [-0.2, 0) is 0 Å². The van der Waals surface area contributed by atoms with Crippen LogP contribution in [0.2, 0.25) is 0 Å². The van der Waals surface area contributed by atoms with Crippen molar-refractivity contribution in [2.45, 2.75) is 26.4 Å². The van der Waals surface area contributed by atoms with Gasteiger partial charge in [-0.1, -0.05) is 5.92 Å². The summed E-state index contributed by atoms with van der Waals surface area (Å²) in [6.07, 6.45) is 0. The van der Waals surface area contributed by atoms with E-state index >= 15 is 0 Å². The van der Waals surface area contributed by atoms with Gasteiger partial charge in [0.05, 0.1) is 0 Å². The molecule has 0 fully saturated rings. The van der Waals surface area contributed by atoms with E-state index in [9.17, 15) is 9.50 Å². The molecule has 1 rings (SSSR count). The number of aliphatic hydroxyl groups is 1. The number of hydrogen-bond donors (Lipinski definition) is 1. The van der Waals surface area contributed by atoms with Crippen LogP contribution < -0.4 is 0 Å². The number of nitrogens with zero attached hydrogens (tertiary/aromatic N) is 1. The van der Waals surface area contributed by atoms with Gasteiger partial charge >= 0.3 is 0 Å². The molecule has 0 unspecified atom stereocenters. The predicted molar refractivity (Wildman–Crippen MR) is 52.1 cm³/mol. The highest BCUT2D eigenvalue weighted by atomic mass is 19.1. The largest absolute Gasteiger partial charge is 0.378 e. The quantitative estimate of drug-likeness (QED) is 0.502. The molecule has 0 saturated carbocycles. The Bertz CT molecular complexity index is 376. The SMILES string of the molecule is Cc1cc(F)nc(C#CC(C)(C)O)c1. The Morgan fingerprint density at radius 1 is 1.43 bits per heavy atom. The monoisotopic (exact) mass is 193 g/mol. The molecule has 0 aliphatic heterocycles. The summed E-state index contributed by atoms with van der Waals surface area (Å²) in [7, 11) is 0. The minimum absolute atomic E-state index is 0.338. The molecule has 0 saturated heterocycles. The molecule has 0 atom stereocenters. The molecular weight excluding hydrogens is 181 g/mol. The van der Waals surface area contributed by atoms with Gasteiger partial charge in [-0.2, -0.15) is 4.39 Å². The Morgan fingerprint density at radius 3 is 2.57 bits per heavy atom. The van der Waals surface area contributed by atoms with Gasteiger partial charge in [0.1, 0.15) is 11.3 Å². The van der Waals surface area contributed by atoms with Gasteiger partial charge < -0.3 is 5.11 Å². The van der Waals surface area contributed by atoms with Crippen molar-refractivity contribution in [1.29, 1.82) is 0 Å². The van der Waals surface area contributed by atoms with E-state index in [4.69, 9.17) is 0 Å². The molecule has 14 heavy (non-hydrogen) atoms. The zero-order valence-corrected chi connectivity index (χ0v) is 8.43. The Kier molecular flexibility index (Phi) is 2.87. The fourth-order valence-electron chi connectivity index (χ4n) is 0.906. The third-order valence-corrected chi connectivity index (χ3v) is 1.43. The predicted octanol–water partition coefficient (Wildman–Crippen LogP) is 1.65. The zero-order chi connectivity index (χ0) is 10.8. The van der Waals surface area contributed by atoms with Gasteiger partial charge in [0.2, 0.25) is 5.95 Å². The molecule has 0 radical (unpaired) electrons. The van der Waals surface area contributed by atoms with E-state index in [-0.39, 0.29) is 0 Å². The highest BCUT2D eigenvalue weighted by Gasteiger charge is 2.06. The highest BCUT2D eigenvalue weighted by molar-refractivity contribution is 5.32. The normalized spacial score (nSPS) is 10.6. The lowest BCUT2D eigenvalue weighted by atomic mass is 10.1. The second-order valence-electron chi connectivity index (χ2n) is 3.66. The lowest BCUT2D eigenvalue weighted by molar-refractivity contribution is 0.143. The molecule has 2 nitrogen and oxygen atoms in total. The van der Waals surface area contributed by atoms with E-state index in [1.165, 1.54) is 6.07 Å². The molecule has 1 N–H and O–H groups in total. The second-order valence-corrected chi connectivity index (χ2v) is 3.66. The van der Waals surface area contributed by atoms with Crippen molar-refractivity contribution in [1.82, 2.24) is 4.98 Å². The van der Waals surface area contributed by atoms with Crippen LogP contribution in [0.1, 0.15) is 25.1 Å². The van der Waals surface area contributed by atoms with Gasteiger partial charge in [-0.25, -0.2) is 4.98 Å². The number of halogens is 1. The van der Waals surface area contributed by atoms with Crippen molar-refractivity contribution < 1.29 is 9.50 Å². The summed E-state index contributed by atoms with van der Waals surface area (Å²) in [5.74, 6) is 4.63. The molecule has 0 spiro atoms. The summed E-state index contributed by atoms with van der Waals surface area (Å²) in [5.41, 5.74) is 0.0178. The van der Waals surface area contributed by atoms with Crippen molar-refractivity contribution in [3.63, 3.8) is 0 Å². The van der Waals surface area contributed by atoms with Gasteiger partial charge in [-0.05, 0) is 44.4 Å². The van der Waals surface area contributed by atoms with Crippen molar-refractivity contribution >= 4 is 0 Å². The van der Waals surface area contributed by atoms with Crippen molar-refractivity contribution in [3.05, 3.63) is 29.3 Å². The van der Waals surface area contributed by atoms with E-state index in [1.807, 2.05) is 0 Å². The molecule has 0 aromatic carbocycles. The van der Waals surface area contributed by atoms with Gasteiger partial charge in [0.25, 0.3) is 0 Å². The average Bonchev–Trinajstić information content (AvgIpc) is 1.97. The summed E-state index contributed by atoms with van der Waals surface area (Å²) in [6, 6.07) is 3.00. The molecule has 74 valence electrons. The summed E-state index contributed by atoms with van der Waals surface area (Å²) < 4.78 is 12.8. The van der Waals surface area contributed by atoms with Crippen LogP contribution in [0, 0.1) is 24.7 Å². The highest BCUT2D eigenvalue weighted by Crippen LogP contribution is 2.04. The van der Waals surface area contributed by atoms with Crippen LogP contribution in [0.3, 0.4) is 0 Å². The first kappa shape index (κ1) is 10.7. The Balaban J connectivity index is 3.02. The molecule has 0 bridgehead atoms. The number of aromatic nitrogens is 1. The van der Waals surface area contributed by atoms with Gasteiger partial charge in [-0.15, -0.1) is 0 Å². The summed E-state index contributed by atoms with van der Waals surface area (Å²) in [6.45, 7) is 4.89. The van der Waals surface area contributed by atoms with E-state index < -0.39 is 11.5 Å². The third-order valence-electron chi connectivity index (χ3n) is 1.43. The molecule has 0 amide bonds. The van der Waals surface area contributed by atoms with E-state index in [2.05, 4.69) is 16.8 Å². The average molecular weight is 193 g/mol. The van der Waals surface area contributed by atoms with Crippen molar-refractivity contribution in [2.24, 2.45) is 0 Å². The fourth-order valence-corrected chi connectivity index (χ4v) is 0.906. The molecule has 1 aromatic heterocycles. The summed E-state index contributed by atoms with van der Waals surface area (Å²) in [5, 5.41) is 9.32. The van der Waals surface area contributed by atoms with Crippen LogP contribution in [0.4, 0.5) is 4.39 Å². The Labute approximate surface area is 82.8 Å². The molecular formula is C11H12FNO.